The van der Waals surface area contributed by atoms with Crippen LogP contribution in [0.5, 0.6) is 0 Å². The van der Waals surface area contributed by atoms with Crippen LogP contribution >= 0.6 is 0 Å². The second kappa shape index (κ2) is 5.46. The van der Waals surface area contributed by atoms with Gasteiger partial charge < -0.3 is 0 Å². The Morgan fingerprint density at radius 3 is 2.50 bits per heavy atom. The number of para-hydroxylation sites is 2. The van der Waals surface area contributed by atoms with Crippen molar-refractivity contribution in [3.05, 3.63) is 54.1 Å². The van der Waals surface area contributed by atoms with Crippen LogP contribution < -0.4 is 5.32 Å². The van der Waals surface area contributed by atoms with Gasteiger partial charge in [0.15, 0.2) is 0 Å². The first kappa shape index (κ1) is 13.5. The maximum absolute atomic E-state index is 11.3. The van der Waals surface area contributed by atoms with E-state index in [2.05, 4.69) is 18.1 Å². The summed E-state index contributed by atoms with van der Waals surface area (Å²) in [6.45, 7) is 1.57. The number of aromatic nitrogens is 2. The molecule has 1 N–H and O–H groups in total. The quantitative estimate of drug-likeness (QED) is 0.745. The molecule has 0 aliphatic carbocycles. The first-order chi connectivity index (χ1) is 9.65. The summed E-state index contributed by atoms with van der Waals surface area (Å²) in [6, 6.07) is 15.5. The van der Waals surface area contributed by atoms with Crippen LogP contribution in [0.3, 0.4) is 0 Å². The minimum absolute atomic E-state index is 0.0752. The fourth-order valence-electron chi connectivity index (χ4n) is 2.05. The van der Waals surface area contributed by atoms with Gasteiger partial charge in [-0.05, 0) is 0 Å². The standard InChI is InChI=1S/C15H13N3O.Y/c1-10(19)11-6-8-12(9-7-11)16-15-17-13-4-2-3-5-14(13)18-15;/h2-9H,1H3,(H2,16,17,18,19);/q;+1/p-1. The molecule has 0 unspecified atom stereocenters. The van der Waals surface area contributed by atoms with E-state index in [1.54, 1.807) is 6.92 Å². The molecule has 0 aliphatic rings. The Balaban J connectivity index is 1.92. The van der Waals surface area contributed by atoms with Crippen molar-refractivity contribution in [1.82, 2.24) is 6.68 Å². The van der Waals surface area contributed by atoms with E-state index < -0.39 is 0 Å². The molecule has 3 aromatic rings. The third-order valence-electron chi connectivity index (χ3n) is 3.14. The molecule has 1 heterocycles. The van der Waals surface area contributed by atoms with Crippen LogP contribution in [0.25, 0.3) is 11.0 Å². The zero-order valence-electron chi connectivity index (χ0n) is 11.0. The Morgan fingerprint density at radius 1 is 1.15 bits per heavy atom. The van der Waals surface area contributed by atoms with Crippen LogP contribution in [0.1, 0.15) is 17.3 Å². The Kier molecular flexibility index (Phi) is 3.68. The average molecular weight is 339 g/mol. The molecule has 20 heavy (non-hydrogen) atoms. The van der Waals surface area contributed by atoms with Crippen molar-refractivity contribution < 1.29 is 36.1 Å². The molecule has 0 spiro atoms. The zero-order valence-corrected chi connectivity index (χ0v) is 13.8. The Morgan fingerprint density at radius 2 is 1.85 bits per heavy atom. The summed E-state index contributed by atoms with van der Waals surface area (Å²) in [5.74, 6) is 0.912. The van der Waals surface area contributed by atoms with Gasteiger partial charge in [-0.1, -0.05) is 0 Å². The molecule has 0 atom stereocenters. The number of benzene rings is 2. The first-order valence-corrected chi connectivity index (χ1v) is 7.52. The van der Waals surface area contributed by atoms with Gasteiger partial charge in [-0.25, -0.2) is 0 Å². The van der Waals surface area contributed by atoms with E-state index in [0.717, 1.165) is 54.0 Å². The van der Waals surface area contributed by atoms with E-state index in [-0.39, 0.29) is 5.78 Å². The van der Waals surface area contributed by atoms with E-state index in [9.17, 15) is 4.79 Å². The summed E-state index contributed by atoms with van der Waals surface area (Å²) in [4.78, 5) is 15.8. The average Bonchev–Trinajstić information content (AvgIpc) is 2.77. The number of hydrogen-bond donors (Lipinski definition) is 1. The summed E-state index contributed by atoms with van der Waals surface area (Å²) in [6.07, 6.45) is 0. The number of carbonyl (C=O) groups excluding carboxylic acids is 1. The summed E-state index contributed by atoms with van der Waals surface area (Å²) in [7, 11) is 0. The van der Waals surface area contributed by atoms with Gasteiger partial charge >= 0.3 is 138 Å². The van der Waals surface area contributed by atoms with Crippen molar-refractivity contribution in [1.29, 1.82) is 0 Å². The third-order valence-corrected chi connectivity index (χ3v) is 4.43. The molecular formula is C15H12N3OY. The van der Waals surface area contributed by atoms with Gasteiger partial charge in [0, 0.05) is 0 Å². The number of Topliss-reactive ketones (excluding diaryl/α,β-unsaturated/α-hetero) is 1. The number of anilines is 2. The van der Waals surface area contributed by atoms with Crippen molar-refractivity contribution >= 4 is 28.5 Å². The molecule has 5 heteroatoms. The van der Waals surface area contributed by atoms with Gasteiger partial charge in [0.1, 0.15) is 0 Å². The molecule has 96 valence electrons. The number of carbonyl (C=O) groups is 1. The number of imidazole rings is 1. The molecule has 2 aromatic carbocycles. The monoisotopic (exact) mass is 339 g/mol. The zero-order chi connectivity index (χ0) is 14.1. The van der Waals surface area contributed by atoms with Crippen molar-refractivity contribution in [3.8, 4) is 0 Å². The molecule has 3 rings (SSSR count). The molecule has 1 aromatic heterocycles. The molecular weight excluding hydrogens is 327 g/mol. The molecule has 0 saturated carbocycles. The molecule has 4 nitrogen and oxygen atoms in total. The summed E-state index contributed by atoms with van der Waals surface area (Å²) in [5.41, 5.74) is 3.77. The van der Waals surface area contributed by atoms with Gasteiger partial charge in [0.05, 0.1) is 0 Å². The van der Waals surface area contributed by atoms with E-state index in [1.807, 2.05) is 42.5 Å². The van der Waals surface area contributed by atoms with E-state index >= 15 is 0 Å². The fraction of sp³-hybridized carbons (Fsp3) is 0.0667. The van der Waals surface area contributed by atoms with Crippen molar-refractivity contribution in [2.45, 2.75) is 6.92 Å². The number of fused-ring (bicyclic) bond motifs is 1. The van der Waals surface area contributed by atoms with Gasteiger partial charge in [0.25, 0.3) is 0 Å². The van der Waals surface area contributed by atoms with Crippen molar-refractivity contribution in [2.75, 3.05) is 5.32 Å². The number of nitrogens with one attached hydrogen (secondary N) is 1. The number of nitrogens with zero attached hydrogens (tertiary/aromatic N) is 2. The first-order valence-electron chi connectivity index (χ1n) is 6.26. The van der Waals surface area contributed by atoms with E-state index in [4.69, 9.17) is 0 Å². The summed E-state index contributed by atoms with van der Waals surface area (Å²) in [5, 5.41) is 3.30. The Hall–Kier alpha value is -1.52. The Bertz CT molecular complexity index is 777. The van der Waals surface area contributed by atoms with Gasteiger partial charge in [-0.2, -0.15) is 0 Å². The normalized spacial score (nSPS) is 10.6. The maximum atomic E-state index is 11.3. The third kappa shape index (κ3) is 2.54. The minimum atomic E-state index is 0.0752. The predicted molar refractivity (Wildman–Crippen MR) is 74.9 cm³/mol. The molecule has 0 aliphatic heterocycles. The second-order valence-corrected chi connectivity index (χ2v) is 5.82. The number of rotatable bonds is 3. The van der Waals surface area contributed by atoms with Gasteiger partial charge in [0.2, 0.25) is 0 Å². The van der Waals surface area contributed by atoms with Crippen LogP contribution in [-0.4, -0.2) is 12.5 Å². The number of hydrogen-bond acceptors (Lipinski definition) is 3. The molecule has 0 fully saturated rings. The topological polar surface area (TPSA) is 46.9 Å². The summed E-state index contributed by atoms with van der Waals surface area (Å²) < 4.78 is 2.14. The van der Waals surface area contributed by atoms with E-state index in [0.29, 0.717) is 5.56 Å². The SMILES string of the molecule is CC(=O)c1ccc(Nc2nc3ccccc3[n]2[Y])cc1. The fourth-order valence-corrected chi connectivity index (χ4v) is 2.89. The molecule has 0 amide bonds. The van der Waals surface area contributed by atoms with Crippen LogP contribution in [-0.2, 0) is 31.3 Å². The van der Waals surface area contributed by atoms with E-state index in [1.165, 1.54) is 0 Å². The van der Waals surface area contributed by atoms with Crippen LogP contribution in [0.4, 0.5) is 11.6 Å². The molecule has 0 saturated heterocycles. The van der Waals surface area contributed by atoms with Gasteiger partial charge in [-0.3, -0.25) is 0 Å². The van der Waals surface area contributed by atoms with Crippen molar-refractivity contribution in [2.24, 2.45) is 0 Å². The van der Waals surface area contributed by atoms with Gasteiger partial charge in [-0.15, -0.1) is 0 Å². The van der Waals surface area contributed by atoms with Crippen molar-refractivity contribution in [3.63, 3.8) is 0 Å². The number of ketones is 1. The molecule has 0 radical (unpaired) electrons. The summed E-state index contributed by atoms with van der Waals surface area (Å²) >= 11 is 0.926. The van der Waals surface area contributed by atoms with Crippen LogP contribution in [0, 0.1) is 0 Å². The van der Waals surface area contributed by atoms with Crippen LogP contribution in [0.2, 0.25) is 0 Å². The Labute approximate surface area is 137 Å². The predicted octanol–water partition coefficient (Wildman–Crippen LogP) is 3.29. The molecule has 0 bridgehead atoms. The van der Waals surface area contributed by atoms with Crippen LogP contribution in [0.15, 0.2) is 48.5 Å². The second-order valence-electron chi connectivity index (χ2n) is 4.55.